The number of aliphatic hydroxyl groups is 1. The first-order chi connectivity index (χ1) is 6.37. The molecule has 1 amide bonds. The number of hydrogen-bond donors (Lipinski definition) is 2. The average Bonchev–Trinajstić information content (AvgIpc) is 2.08. The molecule has 4 nitrogen and oxygen atoms in total. The maximum Gasteiger partial charge on any atom is 0.242 e. The molecule has 1 heterocycles. The summed E-state index contributed by atoms with van der Waals surface area (Å²) in [5.74, 6) is 0.00169. The summed E-state index contributed by atoms with van der Waals surface area (Å²) in [6.07, 6.45) is 0. The number of rotatable bonds is 2. The number of piperazine rings is 1. The van der Waals surface area contributed by atoms with E-state index in [-0.39, 0.29) is 24.1 Å². The van der Waals surface area contributed by atoms with E-state index in [1.165, 1.54) is 0 Å². The number of carbonyl (C=O) groups is 1. The summed E-state index contributed by atoms with van der Waals surface area (Å²) in [5.41, 5.74) is -0.119. The van der Waals surface area contributed by atoms with Crippen molar-refractivity contribution < 1.29 is 9.90 Å². The number of amides is 1. The second kappa shape index (κ2) is 3.87. The number of nitrogens with zero attached hydrogens (tertiary/aromatic N) is 1. The molecule has 1 atom stereocenters. The van der Waals surface area contributed by atoms with Gasteiger partial charge in [0.2, 0.25) is 5.91 Å². The van der Waals surface area contributed by atoms with E-state index in [1.54, 1.807) is 0 Å². The van der Waals surface area contributed by atoms with Crippen molar-refractivity contribution in [2.75, 3.05) is 13.2 Å². The molecule has 1 unspecified atom stereocenters. The van der Waals surface area contributed by atoms with Crippen molar-refractivity contribution in [2.45, 2.75) is 45.3 Å². The van der Waals surface area contributed by atoms with Gasteiger partial charge in [0, 0.05) is 18.1 Å². The molecule has 0 bridgehead atoms. The zero-order chi connectivity index (χ0) is 10.9. The maximum atomic E-state index is 11.8. The molecule has 4 heteroatoms. The fourth-order valence-corrected chi connectivity index (χ4v) is 1.84. The first kappa shape index (κ1) is 11.5. The molecule has 1 fully saturated rings. The Balaban J connectivity index is 2.82. The molecule has 0 aromatic heterocycles. The fourth-order valence-electron chi connectivity index (χ4n) is 1.84. The standard InChI is InChI=1S/C10H20N2O2/c1-7(2)12-6-10(3,4)11-8(5-13)9(12)14/h7-8,11,13H,5-6H2,1-4H3. The average molecular weight is 200 g/mol. The second-order valence-electron chi connectivity index (χ2n) is 4.82. The van der Waals surface area contributed by atoms with Gasteiger partial charge in [-0.2, -0.15) is 0 Å². The quantitative estimate of drug-likeness (QED) is 0.658. The van der Waals surface area contributed by atoms with E-state index in [4.69, 9.17) is 5.11 Å². The Labute approximate surface area is 85.3 Å². The molecule has 1 aliphatic rings. The van der Waals surface area contributed by atoms with E-state index < -0.39 is 6.04 Å². The van der Waals surface area contributed by atoms with Crippen LogP contribution in [-0.2, 0) is 4.79 Å². The Morgan fingerprint density at radius 3 is 2.64 bits per heavy atom. The number of aliphatic hydroxyl groups excluding tert-OH is 1. The summed E-state index contributed by atoms with van der Waals surface area (Å²) >= 11 is 0. The van der Waals surface area contributed by atoms with E-state index in [0.29, 0.717) is 6.54 Å². The SMILES string of the molecule is CC(C)N1CC(C)(C)NC(CO)C1=O. The van der Waals surface area contributed by atoms with Crippen LogP contribution in [0.3, 0.4) is 0 Å². The minimum atomic E-state index is -0.443. The third-order valence-electron chi connectivity index (χ3n) is 2.52. The zero-order valence-corrected chi connectivity index (χ0v) is 9.37. The monoisotopic (exact) mass is 200 g/mol. The molecular weight excluding hydrogens is 180 g/mol. The summed E-state index contributed by atoms with van der Waals surface area (Å²) in [5, 5.41) is 12.2. The van der Waals surface area contributed by atoms with Crippen LogP contribution in [0.1, 0.15) is 27.7 Å². The highest BCUT2D eigenvalue weighted by Gasteiger charge is 2.38. The van der Waals surface area contributed by atoms with E-state index in [0.717, 1.165) is 0 Å². The van der Waals surface area contributed by atoms with Gasteiger partial charge >= 0.3 is 0 Å². The summed E-state index contributed by atoms with van der Waals surface area (Å²) in [6.45, 7) is 8.63. The lowest BCUT2D eigenvalue weighted by atomic mass is 9.97. The van der Waals surface area contributed by atoms with Crippen LogP contribution < -0.4 is 5.32 Å². The smallest absolute Gasteiger partial charge is 0.242 e. The zero-order valence-electron chi connectivity index (χ0n) is 9.37. The predicted molar refractivity (Wildman–Crippen MR) is 54.9 cm³/mol. The Kier molecular flexibility index (Phi) is 3.17. The van der Waals surface area contributed by atoms with Crippen LogP contribution in [0.25, 0.3) is 0 Å². The van der Waals surface area contributed by atoms with E-state index in [1.807, 2.05) is 32.6 Å². The van der Waals surface area contributed by atoms with Crippen LogP contribution >= 0.6 is 0 Å². The van der Waals surface area contributed by atoms with Crippen LogP contribution in [-0.4, -0.2) is 46.7 Å². The van der Waals surface area contributed by atoms with Crippen molar-refractivity contribution in [1.82, 2.24) is 10.2 Å². The van der Waals surface area contributed by atoms with Gasteiger partial charge in [0.05, 0.1) is 6.61 Å². The van der Waals surface area contributed by atoms with E-state index in [2.05, 4.69) is 5.32 Å². The second-order valence-corrected chi connectivity index (χ2v) is 4.82. The molecule has 0 aromatic rings. The molecule has 82 valence electrons. The van der Waals surface area contributed by atoms with Crippen LogP contribution in [0.2, 0.25) is 0 Å². The maximum absolute atomic E-state index is 11.8. The highest BCUT2D eigenvalue weighted by molar-refractivity contribution is 5.83. The van der Waals surface area contributed by atoms with Crippen LogP contribution in [0.15, 0.2) is 0 Å². The normalized spacial score (nSPS) is 27.1. The molecule has 2 N–H and O–H groups in total. The Morgan fingerprint density at radius 2 is 2.21 bits per heavy atom. The lowest BCUT2D eigenvalue weighted by molar-refractivity contribution is -0.142. The van der Waals surface area contributed by atoms with Crippen LogP contribution in [0.4, 0.5) is 0 Å². The Hall–Kier alpha value is -0.610. The third kappa shape index (κ3) is 2.25. The minimum absolute atomic E-state index is 0.00169. The molecule has 0 radical (unpaired) electrons. The van der Waals surface area contributed by atoms with Crippen molar-refractivity contribution in [3.8, 4) is 0 Å². The van der Waals surface area contributed by atoms with Gasteiger partial charge in [0.15, 0.2) is 0 Å². The molecular formula is C10H20N2O2. The lowest BCUT2D eigenvalue weighted by Gasteiger charge is -2.44. The van der Waals surface area contributed by atoms with Gasteiger partial charge in [-0.05, 0) is 27.7 Å². The van der Waals surface area contributed by atoms with Crippen LogP contribution in [0, 0.1) is 0 Å². The molecule has 0 aliphatic carbocycles. The van der Waals surface area contributed by atoms with Gasteiger partial charge in [0.25, 0.3) is 0 Å². The summed E-state index contributed by atoms with van der Waals surface area (Å²) in [4.78, 5) is 13.6. The minimum Gasteiger partial charge on any atom is -0.394 e. The van der Waals surface area contributed by atoms with Gasteiger partial charge in [-0.15, -0.1) is 0 Å². The summed E-state index contributed by atoms with van der Waals surface area (Å²) < 4.78 is 0. The van der Waals surface area contributed by atoms with Gasteiger partial charge < -0.3 is 10.0 Å². The summed E-state index contributed by atoms with van der Waals surface area (Å²) in [6, 6.07) is -0.251. The van der Waals surface area contributed by atoms with Gasteiger partial charge in [-0.1, -0.05) is 0 Å². The number of carbonyl (C=O) groups excluding carboxylic acids is 1. The van der Waals surface area contributed by atoms with Crippen molar-refractivity contribution in [3.05, 3.63) is 0 Å². The fraction of sp³-hybridized carbons (Fsp3) is 0.900. The first-order valence-electron chi connectivity index (χ1n) is 5.06. The predicted octanol–water partition coefficient (Wildman–Crippen LogP) is -0.0339. The highest BCUT2D eigenvalue weighted by atomic mass is 16.3. The highest BCUT2D eigenvalue weighted by Crippen LogP contribution is 2.17. The molecule has 14 heavy (non-hydrogen) atoms. The van der Waals surface area contributed by atoms with E-state index in [9.17, 15) is 4.79 Å². The molecule has 0 saturated carbocycles. The topological polar surface area (TPSA) is 52.6 Å². The van der Waals surface area contributed by atoms with E-state index >= 15 is 0 Å². The van der Waals surface area contributed by atoms with Gasteiger partial charge in [-0.3, -0.25) is 10.1 Å². The molecule has 1 rings (SSSR count). The van der Waals surface area contributed by atoms with Crippen molar-refractivity contribution >= 4 is 5.91 Å². The summed E-state index contributed by atoms with van der Waals surface area (Å²) in [7, 11) is 0. The molecule has 1 aliphatic heterocycles. The van der Waals surface area contributed by atoms with Crippen molar-refractivity contribution in [3.63, 3.8) is 0 Å². The van der Waals surface area contributed by atoms with Crippen LogP contribution in [0.5, 0.6) is 0 Å². The first-order valence-corrected chi connectivity index (χ1v) is 5.06. The largest absolute Gasteiger partial charge is 0.394 e. The van der Waals surface area contributed by atoms with Gasteiger partial charge in [-0.25, -0.2) is 0 Å². The van der Waals surface area contributed by atoms with Gasteiger partial charge in [0.1, 0.15) is 6.04 Å². The Bertz CT molecular complexity index is 226. The molecule has 0 aromatic carbocycles. The lowest BCUT2D eigenvalue weighted by Crippen LogP contribution is -2.67. The molecule has 1 saturated heterocycles. The molecule has 0 spiro atoms. The number of nitrogens with one attached hydrogen (secondary N) is 1. The Morgan fingerprint density at radius 1 is 1.64 bits per heavy atom. The third-order valence-corrected chi connectivity index (χ3v) is 2.52. The number of hydrogen-bond acceptors (Lipinski definition) is 3. The van der Waals surface area contributed by atoms with Crippen molar-refractivity contribution in [2.24, 2.45) is 0 Å². The van der Waals surface area contributed by atoms with Crippen molar-refractivity contribution in [1.29, 1.82) is 0 Å².